The van der Waals surface area contributed by atoms with Crippen molar-refractivity contribution < 1.29 is 9.59 Å². The molecule has 5 rings (SSSR count). The van der Waals surface area contributed by atoms with Crippen molar-refractivity contribution in [1.82, 2.24) is 9.97 Å². The molecular formula is C26H23N3O3S2. The summed E-state index contributed by atoms with van der Waals surface area (Å²) in [5.41, 5.74) is 5.63. The van der Waals surface area contributed by atoms with Gasteiger partial charge in [0.15, 0.2) is 10.9 Å². The van der Waals surface area contributed by atoms with E-state index in [9.17, 15) is 14.4 Å². The average molecular weight is 490 g/mol. The molecule has 1 aliphatic carbocycles. The number of rotatable bonds is 6. The topological polar surface area (TPSA) is 91.9 Å². The molecule has 0 aliphatic heterocycles. The second-order valence-electron chi connectivity index (χ2n) is 8.37. The lowest BCUT2D eigenvalue weighted by atomic mass is 9.89. The number of aromatic nitrogens is 2. The van der Waals surface area contributed by atoms with Crippen molar-refractivity contribution in [1.29, 1.82) is 0 Å². The van der Waals surface area contributed by atoms with E-state index in [2.05, 4.69) is 33.5 Å². The molecule has 0 radical (unpaired) electrons. The molecule has 2 heterocycles. The SMILES string of the molecule is CC(=O)c1cccc(NC(=O)CSc2nc3scc(-c4ccc5c(c4)CCCC5)c3c(=O)[nH]2)c1. The van der Waals surface area contributed by atoms with Crippen LogP contribution in [0.3, 0.4) is 0 Å². The van der Waals surface area contributed by atoms with Crippen LogP contribution in [0.15, 0.2) is 57.8 Å². The molecule has 2 aromatic heterocycles. The molecule has 1 aliphatic rings. The maximum absolute atomic E-state index is 12.9. The molecule has 0 saturated heterocycles. The highest BCUT2D eigenvalue weighted by Gasteiger charge is 2.16. The molecule has 8 heteroatoms. The number of nitrogens with zero attached hydrogens (tertiary/aromatic N) is 1. The van der Waals surface area contributed by atoms with Crippen molar-refractivity contribution in [2.75, 3.05) is 11.1 Å². The number of aromatic amines is 1. The smallest absolute Gasteiger partial charge is 0.260 e. The van der Waals surface area contributed by atoms with Gasteiger partial charge in [0.05, 0.1) is 11.1 Å². The third-order valence-electron chi connectivity index (χ3n) is 5.97. The number of carbonyl (C=O) groups is 2. The molecule has 6 nitrogen and oxygen atoms in total. The lowest BCUT2D eigenvalue weighted by Gasteiger charge is -2.16. The fourth-order valence-corrected chi connectivity index (χ4v) is 5.92. The highest BCUT2D eigenvalue weighted by molar-refractivity contribution is 7.99. The number of ketones is 1. The minimum absolute atomic E-state index is 0.0637. The molecule has 0 fully saturated rings. The summed E-state index contributed by atoms with van der Waals surface area (Å²) >= 11 is 2.61. The van der Waals surface area contributed by atoms with E-state index in [4.69, 9.17) is 0 Å². The van der Waals surface area contributed by atoms with Crippen LogP contribution in [-0.2, 0) is 17.6 Å². The van der Waals surface area contributed by atoms with E-state index in [1.807, 2.05) is 5.38 Å². The second-order valence-corrected chi connectivity index (χ2v) is 10.2. The molecule has 34 heavy (non-hydrogen) atoms. The van der Waals surface area contributed by atoms with Crippen LogP contribution in [0.25, 0.3) is 21.3 Å². The largest absolute Gasteiger partial charge is 0.325 e. The molecule has 0 bridgehead atoms. The second kappa shape index (κ2) is 9.56. The number of Topliss-reactive ketones (excluding diaryl/α,β-unsaturated/α-hetero) is 1. The Morgan fingerprint density at radius 2 is 1.94 bits per heavy atom. The standard InChI is InChI=1S/C26H23N3O3S2/c1-15(30)17-7-4-8-20(12-17)27-22(31)14-34-26-28-24(32)23-21(13-33-25(23)29-26)19-10-9-16-5-2-3-6-18(16)11-19/h4,7-13H,2-3,5-6,14H2,1H3,(H,27,31)(H,28,29,32). The van der Waals surface area contributed by atoms with Gasteiger partial charge >= 0.3 is 0 Å². The number of H-pyrrole nitrogens is 1. The molecule has 0 saturated carbocycles. The van der Waals surface area contributed by atoms with Crippen LogP contribution in [0.5, 0.6) is 0 Å². The van der Waals surface area contributed by atoms with Gasteiger partial charge in [-0.25, -0.2) is 4.98 Å². The predicted molar refractivity (Wildman–Crippen MR) is 138 cm³/mol. The highest BCUT2D eigenvalue weighted by atomic mass is 32.2. The van der Waals surface area contributed by atoms with E-state index in [0.29, 0.717) is 26.6 Å². The fourth-order valence-electron chi connectivity index (χ4n) is 4.26. The zero-order valence-electron chi connectivity index (χ0n) is 18.6. The van der Waals surface area contributed by atoms with Gasteiger partial charge in [-0.05, 0) is 61.4 Å². The monoisotopic (exact) mass is 489 g/mol. The summed E-state index contributed by atoms with van der Waals surface area (Å²) < 4.78 is 0. The van der Waals surface area contributed by atoms with Gasteiger partial charge in [0.25, 0.3) is 5.56 Å². The molecule has 0 spiro atoms. The Labute approximate surface area is 204 Å². The number of aryl methyl sites for hydroxylation is 2. The number of hydrogen-bond donors (Lipinski definition) is 2. The Balaban J connectivity index is 1.32. The maximum Gasteiger partial charge on any atom is 0.260 e. The first-order valence-electron chi connectivity index (χ1n) is 11.2. The number of benzene rings is 2. The van der Waals surface area contributed by atoms with Crippen molar-refractivity contribution in [2.24, 2.45) is 0 Å². The van der Waals surface area contributed by atoms with Gasteiger partial charge in [-0.2, -0.15) is 0 Å². The van der Waals surface area contributed by atoms with E-state index in [-0.39, 0.29) is 23.0 Å². The average Bonchev–Trinajstić information content (AvgIpc) is 3.27. The summed E-state index contributed by atoms with van der Waals surface area (Å²) in [6.07, 6.45) is 4.65. The van der Waals surface area contributed by atoms with Crippen LogP contribution in [0.2, 0.25) is 0 Å². The van der Waals surface area contributed by atoms with Crippen LogP contribution in [0, 0.1) is 0 Å². The third kappa shape index (κ3) is 4.69. The van der Waals surface area contributed by atoms with E-state index in [0.717, 1.165) is 24.0 Å². The number of fused-ring (bicyclic) bond motifs is 2. The van der Waals surface area contributed by atoms with Crippen LogP contribution in [0.4, 0.5) is 5.69 Å². The molecular weight excluding hydrogens is 466 g/mol. The van der Waals surface area contributed by atoms with E-state index < -0.39 is 0 Å². The van der Waals surface area contributed by atoms with Gasteiger partial charge in [0.1, 0.15) is 4.83 Å². The molecule has 0 atom stereocenters. The lowest BCUT2D eigenvalue weighted by Crippen LogP contribution is -2.15. The summed E-state index contributed by atoms with van der Waals surface area (Å²) in [6.45, 7) is 1.48. The van der Waals surface area contributed by atoms with Crippen LogP contribution in [0.1, 0.15) is 41.3 Å². The summed E-state index contributed by atoms with van der Waals surface area (Å²) in [7, 11) is 0. The maximum atomic E-state index is 12.9. The van der Waals surface area contributed by atoms with Crippen LogP contribution >= 0.6 is 23.1 Å². The van der Waals surface area contributed by atoms with Gasteiger partial charge in [0.2, 0.25) is 5.91 Å². The quantitative estimate of drug-likeness (QED) is 0.213. The number of thiophene rings is 1. The molecule has 2 N–H and O–H groups in total. The number of anilines is 1. The van der Waals surface area contributed by atoms with E-state index >= 15 is 0 Å². The fraction of sp³-hybridized carbons (Fsp3) is 0.231. The molecule has 0 unspecified atom stereocenters. The predicted octanol–water partition coefficient (Wildman–Crippen LogP) is 5.46. The van der Waals surface area contributed by atoms with Gasteiger partial charge in [-0.3, -0.25) is 14.4 Å². The number of carbonyl (C=O) groups excluding carboxylic acids is 2. The van der Waals surface area contributed by atoms with Gasteiger partial charge in [-0.15, -0.1) is 11.3 Å². The first-order valence-corrected chi connectivity index (χ1v) is 13.0. The summed E-state index contributed by atoms with van der Waals surface area (Å²) in [6, 6.07) is 13.3. The number of amides is 1. The molecule has 4 aromatic rings. The minimum Gasteiger partial charge on any atom is -0.325 e. The Kier molecular flexibility index (Phi) is 6.34. The van der Waals surface area contributed by atoms with Crippen molar-refractivity contribution in [2.45, 2.75) is 37.8 Å². The number of thioether (sulfide) groups is 1. The van der Waals surface area contributed by atoms with Crippen molar-refractivity contribution in [3.63, 3.8) is 0 Å². The van der Waals surface area contributed by atoms with Gasteiger partial charge in [-0.1, -0.05) is 42.1 Å². The van der Waals surface area contributed by atoms with Gasteiger partial charge in [0, 0.05) is 22.2 Å². The minimum atomic E-state index is -0.241. The van der Waals surface area contributed by atoms with Crippen molar-refractivity contribution in [3.8, 4) is 11.1 Å². The summed E-state index contributed by atoms with van der Waals surface area (Å²) in [4.78, 5) is 44.9. The Hall–Kier alpha value is -3.23. The van der Waals surface area contributed by atoms with E-state index in [1.54, 1.807) is 24.3 Å². The summed E-state index contributed by atoms with van der Waals surface area (Å²) in [5, 5.41) is 5.77. The third-order valence-corrected chi connectivity index (χ3v) is 7.72. The van der Waals surface area contributed by atoms with Crippen molar-refractivity contribution >= 4 is 50.7 Å². The molecule has 172 valence electrons. The normalized spacial score (nSPS) is 13.0. The zero-order chi connectivity index (χ0) is 23.7. The number of nitrogens with one attached hydrogen (secondary N) is 2. The Morgan fingerprint density at radius 3 is 2.76 bits per heavy atom. The van der Waals surface area contributed by atoms with E-state index in [1.165, 1.54) is 54.0 Å². The first-order chi connectivity index (χ1) is 16.5. The Bertz CT molecular complexity index is 1470. The Morgan fingerprint density at radius 1 is 1.12 bits per heavy atom. The van der Waals surface area contributed by atoms with Crippen LogP contribution in [-0.4, -0.2) is 27.4 Å². The molecule has 2 aromatic carbocycles. The lowest BCUT2D eigenvalue weighted by molar-refractivity contribution is -0.113. The number of hydrogen-bond acceptors (Lipinski definition) is 6. The zero-order valence-corrected chi connectivity index (χ0v) is 20.3. The van der Waals surface area contributed by atoms with Gasteiger partial charge < -0.3 is 10.3 Å². The first kappa shape index (κ1) is 22.6. The van der Waals surface area contributed by atoms with Crippen molar-refractivity contribution in [3.05, 3.63) is 74.9 Å². The highest BCUT2D eigenvalue weighted by Crippen LogP contribution is 2.34. The summed E-state index contributed by atoms with van der Waals surface area (Å²) in [5.74, 6) is -0.220. The van der Waals surface area contributed by atoms with Crippen LogP contribution < -0.4 is 10.9 Å². The molecule has 1 amide bonds.